The number of carbonyl (C=O) groups excluding carboxylic acids is 1. The summed E-state index contributed by atoms with van der Waals surface area (Å²) in [6.45, 7) is 0.515. The summed E-state index contributed by atoms with van der Waals surface area (Å²) in [4.78, 5) is 20.4. The number of rotatable bonds is 5. The Kier molecular flexibility index (Phi) is 5.26. The van der Waals surface area contributed by atoms with E-state index in [1.165, 1.54) is 19.2 Å². The number of nitrogens with one attached hydrogen (secondary N) is 1. The Bertz CT molecular complexity index is 1240. The number of hydrogen-bond acceptors (Lipinski definition) is 6. The fraction of sp³-hybridized carbons (Fsp3) is 0.0870. The number of aromatic nitrogens is 2. The van der Waals surface area contributed by atoms with Gasteiger partial charge in [0, 0.05) is 23.7 Å². The van der Waals surface area contributed by atoms with Crippen LogP contribution in [0.4, 0.5) is 15.9 Å². The smallest absolute Gasteiger partial charge is 0.340 e. The van der Waals surface area contributed by atoms with Gasteiger partial charge in [-0.1, -0.05) is 18.2 Å². The van der Waals surface area contributed by atoms with Crippen molar-refractivity contribution >= 4 is 28.4 Å². The molecule has 7 heteroatoms. The monoisotopic (exact) mass is 402 g/mol. The molecule has 3 N–H and O–H groups in total. The molecular formula is C23H19FN4O2. The summed E-state index contributed by atoms with van der Waals surface area (Å²) >= 11 is 0. The summed E-state index contributed by atoms with van der Waals surface area (Å²) in [6.07, 6.45) is 1.76. The van der Waals surface area contributed by atoms with Crippen LogP contribution in [0.5, 0.6) is 0 Å². The van der Waals surface area contributed by atoms with Crippen LogP contribution < -0.4 is 11.1 Å². The normalized spacial score (nSPS) is 10.7. The number of ether oxygens (including phenoxy) is 1. The molecule has 0 aliphatic heterocycles. The summed E-state index contributed by atoms with van der Waals surface area (Å²) in [5.41, 5.74) is 9.46. The first kappa shape index (κ1) is 19.3. The Morgan fingerprint density at radius 3 is 2.80 bits per heavy atom. The topological polar surface area (TPSA) is 90.1 Å². The molecule has 0 unspecified atom stereocenters. The molecule has 0 radical (unpaired) electrons. The van der Waals surface area contributed by atoms with Crippen LogP contribution >= 0.6 is 0 Å². The average Bonchev–Trinajstić information content (AvgIpc) is 2.77. The van der Waals surface area contributed by atoms with Gasteiger partial charge in [0.2, 0.25) is 0 Å². The van der Waals surface area contributed by atoms with Crippen LogP contribution in [-0.2, 0) is 11.3 Å². The van der Waals surface area contributed by atoms with Gasteiger partial charge in [0.1, 0.15) is 11.6 Å². The number of nitrogen functional groups attached to an aromatic ring is 1. The Labute approximate surface area is 172 Å². The van der Waals surface area contributed by atoms with Gasteiger partial charge in [-0.05, 0) is 48.0 Å². The highest BCUT2D eigenvalue weighted by Crippen LogP contribution is 2.26. The standard InChI is InChI=1S/C23H19FN4O2/c1-30-23(29)17-6-5-16(12-18(17)24)21-9-7-19(25)22(28-21)27-13-14-4-8-20-15(11-14)3-2-10-26-20/h2-12H,13,25H2,1H3,(H,27,28). The molecule has 0 saturated heterocycles. The summed E-state index contributed by atoms with van der Waals surface area (Å²) < 4.78 is 18.8. The van der Waals surface area contributed by atoms with Crippen molar-refractivity contribution in [1.29, 1.82) is 0 Å². The van der Waals surface area contributed by atoms with Crippen LogP contribution in [0.2, 0.25) is 0 Å². The lowest BCUT2D eigenvalue weighted by Crippen LogP contribution is -2.06. The molecule has 0 spiro atoms. The Morgan fingerprint density at radius 1 is 1.13 bits per heavy atom. The number of hydrogen-bond donors (Lipinski definition) is 2. The Hall–Kier alpha value is -4.00. The average molecular weight is 402 g/mol. The molecule has 6 nitrogen and oxygen atoms in total. The van der Waals surface area contributed by atoms with E-state index in [0.717, 1.165) is 16.5 Å². The van der Waals surface area contributed by atoms with Crippen molar-refractivity contribution in [2.45, 2.75) is 6.54 Å². The molecule has 0 aliphatic rings. The van der Waals surface area contributed by atoms with Crippen molar-refractivity contribution in [2.24, 2.45) is 0 Å². The molecule has 0 aliphatic carbocycles. The van der Waals surface area contributed by atoms with E-state index in [-0.39, 0.29) is 5.56 Å². The van der Waals surface area contributed by atoms with Crippen molar-refractivity contribution in [3.8, 4) is 11.3 Å². The number of fused-ring (bicyclic) bond motifs is 1. The van der Waals surface area contributed by atoms with E-state index < -0.39 is 11.8 Å². The molecule has 0 fully saturated rings. The van der Waals surface area contributed by atoms with Crippen LogP contribution in [0, 0.1) is 5.82 Å². The second-order valence-electron chi connectivity index (χ2n) is 6.70. The van der Waals surface area contributed by atoms with Gasteiger partial charge in [0.25, 0.3) is 0 Å². The fourth-order valence-corrected chi connectivity index (χ4v) is 3.14. The fourth-order valence-electron chi connectivity index (χ4n) is 3.14. The van der Waals surface area contributed by atoms with Gasteiger partial charge in [-0.25, -0.2) is 14.2 Å². The number of halogens is 1. The van der Waals surface area contributed by atoms with E-state index in [0.29, 0.717) is 29.3 Å². The summed E-state index contributed by atoms with van der Waals surface area (Å²) in [5.74, 6) is -0.897. The van der Waals surface area contributed by atoms with E-state index in [1.807, 2.05) is 24.3 Å². The van der Waals surface area contributed by atoms with Crippen LogP contribution in [0.15, 0.2) is 66.9 Å². The predicted octanol–water partition coefficient (Wildman–Crippen LogP) is 4.42. The first-order valence-corrected chi connectivity index (χ1v) is 9.27. The van der Waals surface area contributed by atoms with Gasteiger partial charge in [0.05, 0.1) is 29.6 Å². The van der Waals surface area contributed by atoms with Gasteiger partial charge in [-0.2, -0.15) is 0 Å². The number of carbonyl (C=O) groups is 1. The summed E-state index contributed by atoms with van der Waals surface area (Å²) in [5, 5.41) is 4.28. The zero-order chi connectivity index (χ0) is 21.1. The van der Waals surface area contributed by atoms with Crippen LogP contribution in [0.3, 0.4) is 0 Å². The molecule has 4 aromatic rings. The van der Waals surface area contributed by atoms with Crippen molar-refractivity contribution in [1.82, 2.24) is 9.97 Å². The van der Waals surface area contributed by atoms with Gasteiger partial charge < -0.3 is 15.8 Å². The second-order valence-corrected chi connectivity index (χ2v) is 6.70. The van der Waals surface area contributed by atoms with E-state index >= 15 is 0 Å². The predicted molar refractivity (Wildman–Crippen MR) is 114 cm³/mol. The molecule has 2 aromatic heterocycles. The minimum Gasteiger partial charge on any atom is -0.465 e. The molecule has 2 aromatic carbocycles. The lowest BCUT2D eigenvalue weighted by molar-refractivity contribution is 0.0595. The second kappa shape index (κ2) is 8.16. The van der Waals surface area contributed by atoms with Crippen molar-refractivity contribution in [2.75, 3.05) is 18.2 Å². The van der Waals surface area contributed by atoms with Crippen molar-refractivity contribution in [3.05, 3.63) is 83.8 Å². The van der Waals surface area contributed by atoms with E-state index in [9.17, 15) is 9.18 Å². The molecule has 0 bridgehead atoms. The highest BCUT2D eigenvalue weighted by atomic mass is 19.1. The highest BCUT2D eigenvalue weighted by molar-refractivity contribution is 5.90. The third-order valence-electron chi connectivity index (χ3n) is 4.72. The van der Waals surface area contributed by atoms with Crippen LogP contribution in [-0.4, -0.2) is 23.0 Å². The maximum absolute atomic E-state index is 14.3. The van der Waals surface area contributed by atoms with Crippen LogP contribution in [0.1, 0.15) is 15.9 Å². The zero-order valence-electron chi connectivity index (χ0n) is 16.2. The number of benzene rings is 2. The maximum atomic E-state index is 14.3. The minimum atomic E-state index is -0.725. The van der Waals surface area contributed by atoms with E-state index in [1.54, 1.807) is 24.4 Å². The van der Waals surface area contributed by atoms with Crippen LogP contribution in [0.25, 0.3) is 22.2 Å². The lowest BCUT2D eigenvalue weighted by Gasteiger charge is -2.11. The SMILES string of the molecule is COC(=O)c1ccc(-c2ccc(N)c(NCc3ccc4ncccc4c3)n2)cc1F. The number of pyridine rings is 2. The molecule has 30 heavy (non-hydrogen) atoms. The third-order valence-corrected chi connectivity index (χ3v) is 4.72. The van der Waals surface area contributed by atoms with Gasteiger partial charge >= 0.3 is 5.97 Å². The van der Waals surface area contributed by atoms with Gasteiger partial charge in [-0.15, -0.1) is 0 Å². The van der Waals surface area contributed by atoms with E-state index in [4.69, 9.17) is 5.73 Å². The third kappa shape index (κ3) is 3.91. The molecule has 0 saturated carbocycles. The number of esters is 1. The molecular weight excluding hydrogens is 383 g/mol. The van der Waals surface area contributed by atoms with Gasteiger partial charge in [0.15, 0.2) is 0 Å². The lowest BCUT2D eigenvalue weighted by atomic mass is 10.1. The van der Waals surface area contributed by atoms with Crippen molar-refractivity contribution in [3.63, 3.8) is 0 Å². The first-order chi connectivity index (χ1) is 14.5. The molecule has 2 heterocycles. The largest absolute Gasteiger partial charge is 0.465 e. The highest BCUT2D eigenvalue weighted by Gasteiger charge is 2.14. The number of anilines is 2. The molecule has 150 valence electrons. The summed E-state index contributed by atoms with van der Waals surface area (Å²) in [7, 11) is 1.21. The quantitative estimate of drug-likeness (QED) is 0.481. The first-order valence-electron chi connectivity index (χ1n) is 9.27. The van der Waals surface area contributed by atoms with Gasteiger partial charge in [-0.3, -0.25) is 4.98 Å². The van der Waals surface area contributed by atoms with E-state index in [2.05, 4.69) is 26.1 Å². The zero-order valence-corrected chi connectivity index (χ0v) is 16.2. The Balaban J connectivity index is 1.57. The number of nitrogens with zero attached hydrogens (tertiary/aromatic N) is 2. The number of methoxy groups -OCH3 is 1. The molecule has 0 amide bonds. The maximum Gasteiger partial charge on any atom is 0.340 e. The number of nitrogens with two attached hydrogens (primary N) is 1. The molecule has 0 atom stereocenters. The minimum absolute atomic E-state index is 0.124. The summed E-state index contributed by atoms with van der Waals surface area (Å²) in [6, 6.07) is 17.6. The van der Waals surface area contributed by atoms with Crippen molar-refractivity contribution < 1.29 is 13.9 Å². The Morgan fingerprint density at radius 2 is 2.00 bits per heavy atom. The molecule has 4 rings (SSSR count).